The molecule has 2 rings (SSSR count). The quantitative estimate of drug-likeness (QED) is 0.763. The highest BCUT2D eigenvalue weighted by Gasteiger charge is 2.30. The lowest BCUT2D eigenvalue weighted by Gasteiger charge is -2.18. The fourth-order valence-electron chi connectivity index (χ4n) is 2.35. The minimum atomic E-state index is -0.168. The smallest absolute Gasteiger partial charge is 0.310 e. The molecule has 0 aliphatic carbocycles. The van der Waals surface area contributed by atoms with Crippen LogP contribution >= 0.6 is 0 Å². The van der Waals surface area contributed by atoms with Gasteiger partial charge in [-0.3, -0.25) is 14.5 Å². The second kappa shape index (κ2) is 7.22. The Balaban J connectivity index is 1.76. The lowest BCUT2D eigenvalue weighted by Crippen LogP contribution is -2.35. The van der Waals surface area contributed by atoms with Gasteiger partial charge in [0.05, 0.1) is 12.5 Å². The molecular formula is C16H22N2O3. The minimum Gasteiger partial charge on any atom is -0.461 e. The summed E-state index contributed by atoms with van der Waals surface area (Å²) >= 11 is 0. The minimum absolute atomic E-state index is 0.0632. The van der Waals surface area contributed by atoms with Gasteiger partial charge in [0, 0.05) is 20.6 Å². The molecule has 21 heavy (non-hydrogen) atoms. The van der Waals surface area contributed by atoms with E-state index in [9.17, 15) is 9.59 Å². The Morgan fingerprint density at radius 1 is 1.29 bits per heavy atom. The molecule has 0 N–H and O–H groups in total. The molecule has 1 amide bonds. The third-order valence-electron chi connectivity index (χ3n) is 3.69. The molecule has 1 aromatic carbocycles. The van der Waals surface area contributed by atoms with Crippen molar-refractivity contribution in [3.8, 4) is 0 Å². The zero-order valence-corrected chi connectivity index (χ0v) is 12.6. The first-order chi connectivity index (χ1) is 10.1. The summed E-state index contributed by atoms with van der Waals surface area (Å²) in [4.78, 5) is 27.3. The van der Waals surface area contributed by atoms with E-state index in [2.05, 4.69) is 0 Å². The van der Waals surface area contributed by atoms with Gasteiger partial charge in [0.25, 0.3) is 0 Å². The maximum absolute atomic E-state index is 12.0. The first-order valence-electron chi connectivity index (χ1n) is 7.19. The van der Waals surface area contributed by atoms with Crippen LogP contribution in [0.3, 0.4) is 0 Å². The summed E-state index contributed by atoms with van der Waals surface area (Å²) in [5.74, 6) is -0.226. The molecule has 1 fully saturated rings. The average Bonchev–Trinajstić information content (AvgIpc) is 2.94. The van der Waals surface area contributed by atoms with Gasteiger partial charge in [-0.2, -0.15) is 0 Å². The van der Waals surface area contributed by atoms with Crippen LogP contribution < -0.4 is 0 Å². The van der Waals surface area contributed by atoms with Crippen molar-refractivity contribution in [2.45, 2.75) is 13.0 Å². The predicted octanol–water partition coefficient (Wildman–Crippen LogP) is 1.14. The number of amides is 1. The molecule has 0 saturated carbocycles. The molecule has 5 heteroatoms. The lowest BCUT2D eigenvalue weighted by atomic mass is 10.1. The van der Waals surface area contributed by atoms with Gasteiger partial charge in [0.15, 0.2) is 0 Å². The number of likely N-dealkylation sites (N-methyl/N-ethyl adjacent to an activating group) is 1. The van der Waals surface area contributed by atoms with Gasteiger partial charge in [0.1, 0.15) is 6.61 Å². The van der Waals surface area contributed by atoms with E-state index in [-0.39, 0.29) is 17.8 Å². The van der Waals surface area contributed by atoms with E-state index >= 15 is 0 Å². The van der Waals surface area contributed by atoms with Crippen molar-refractivity contribution >= 4 is 11.9 Å². The third-order valence-corrected chi connectivity index (χ3v) is 3.69. The summed E-state index contributed by atoms with van der Waals surface area (Å²) < 4.78 is 5.35. The normalized spacial score (nSPS) is 18.5. The Morgan fingerprint density at radius 3 is 2.67 bits per heavy atom. The number of likely N-dealkylation sites (tertiary alicyclic amines) is 1. The summed E-state index contributed by atoms with van der Waals surface area (Å²) in [6, 6.07) is 9.65. The van der Waals surface area contributed by atoms with Crippen molar-refractivity contribution in [1.29, 1.82) is 0 Å². The number of hydrogen-bond acceptors (Lipinski definition) is 4. The van der Waals surface area contributed by atoms with E-state index in [1.165, 1.54) is 0 Å². The topological polar surface area (TPSA) is 49.9 Å². The SMILES string of the molecule is CN(C)C(=O)CN1CCC(C(=O)OCc2ccccc2)C1. The largest absolute Gasteiger partial charge is 0.461 e. The van der Waals surface area contributed by atoms with E-state index < -0.39 is 0 Å². The van der Waals surface area contributed by atoms with Crippen LogP contribution in [-0.4, -0.2) is 55.4 Å². The van der Waals surface area contributed by atoms with Gasteiger partial charge in [-0.05, 0) is 18.5 Å². The van der Waals surface area contributed by atoms with Crippen LogP contribution in [0.15, 0.2) is 30.3 Å². The van der Waals surface area contributed by atoms with E-state index in [1.54, 1.807) is 19.0 Å². The van der Waals surface area contributed by atoms with Crippen molar-refractivity contribution in [1.82, 2.24) is 9.80 Å². The number of nitrogens with zero attached hydrogens (tertiary/aromatic N) is 2. The number of benzene rings is 1. The molecule has 1 saturated heterocycles. The average molecular weight is 290 g/mol. The van der Waals surface area contributed by atoms with Crippen LogP contribution in [0.2, 0.25) is 0 Å². The fraction of sp³-hybridized carbons (Fsp3) is 0.500. The predicted molar refractivity (Wildman–Crippen MR) is 79.5 cm³/mol. The first-order valence-corrected chi connectivity index (χ1v) is 7.19. The Labute approximate surface area is 125 Å². The molecular weight excluding hydrogens is 268 g/mol. The van der Waals surface area contributed by atoms with E-state index in [0.717, 1.165) is 18.5 Å². The van der Waals surface area contributed by atoms with Gasteiger partial charge < -0.3 is 9.64 Å². The first kappa shape index (κ1) is 15.5. The van der Waals surface area contributed by atoms with Crippen LogP contribution in [0.4, 0.5) is 0 Å². The fourth-order valence-corrected chi connectivity index (χ4v) is 2.35. The number of carbonyl (C=O) groups is 2. The summed E-state index contributed by atoms with van der Waals surface area (Å²) in [6.07, 6.45) is 0.758. The van der Waals surface area contributed by atoms with Crippen molar-refractivity contribution in [3.05, 3.63) is 35.9 Å². The van der Waals surface area contributed by atoms with Gasteiger partial charge in [-0.1, -0.05) is 30.3 Å². The van der Waals surface area contributed by atoms with Crippen LogP contribution in [0, 0.1) is 5.92 Å². The Kier molecular flexibility index (Phi) is 5.33. The molecule has 114 valence electrons. The summed E-state index contributed by atoms with van der Waals surface area (Å²) in [5, 5.41) is 0. The van der Waals surface area contributed by atoms with Crippen molar-refractivity contribution in [2.24, 2.45) is 5.92 Å². The van der Waals surface area contributed by atoms with Gasteiger partial charge >= 0.3 is 5.97 Å². The van der Waals surface area contributed by atoms with Gasteiger partial charge in [-0.15, -0.1) is 0 Å². The highest BCUT2D eigenvalue weighted by Crippen LogP contribution is 2.18. The maximum Gasteiger partial charge on any atom is 0.310 e. The number of hydrogen-bond donors (Lipinski definition) is 0. The molecule has 1 aromatic rings. The van der Waals surface area contributed by atoms with E-state index in [1.807, 2.05) is 35.2 Å². The molecule has 1 unspecified atom stereocenters. The summed E-state index contributed by atoms with van der Waals surface area (Å²) in [5.41, 5.74) is 0.989. The Hall–Kier alpha value is -1.88. The number of esters is 1. The maximum atomic E-state index is 12.0. The van der Waals surface area contributed by atoms with Crippen LogP contribution in [0.25, 0.3) is 0 Å². The molecule has 5 nitrogen and oxygen atoms in total. The van der Waals surface area contributed by atoms with Crippen molar-refractivity contribution in [2.75, 3.05) is 33.7 Å². The second-order valence-corrected chi connectivity index (χ2v) is 5.60. The highest BCUT2D eigenvalue weighted by molar-refractivity contribution is 5.78. The molecule has 0 aromatic heterocycles. The van der Waals surface area contributed by atoms with Crippen LogP contribution in [-0.2, 0) is 20.9 Å². The molecule has 0 radical (unpaired) electrons. The van der Waals surface area contributed by atoms with Crippen molar-refractivity contribution in [3.63, 3.8) is 0 Å². The Morgan fingerprint density at radius 2 is 2.00 bits per heavy atom. The molecule has 0 bridgehead atoms. The van der Waals surface area contributed by atoms with Gasteiger partial charge in [0.2, 0.25) is 5.91 Å². The van der Waals surface area contributed by atoms with Crippen LogP contribution in [0.5, 0.6) is 0 Å². The number of carbonyl (C=O) groups excluding carboxylic acids is 2. The Bertz CT molecular complexity index is 488. The monoisotopic (exact) mass is 290 g/mol. The van der Waals surface area contributed by atoms with Gasteiger partial charge in [-0.25, -0.2) is 0 Å². The standard InChI is InChI=1S/C16H22N2O3/c1-17(2)15(19)11-18-9-8-14(10-18)16(20)21-12-13-6-4-3-5-7-13/h3-7,14H,8-12H2,1-2H3. The number of rotatable bonds is 5. The van der Waals surface area contributed by atoms with E-state index in [4.69, 9.17) is 4.74 Å². The summed E-state index contributed by atoms with van der Waals surface area (Å²) in [7, 11) is 3.48. The zero-order valence-electron chi connectivity index (χ0n) is 12.6. The molecule has 1 heterocycles. The van der Waals surface area contributed by atoms with E-state index in [0.29, 0.717) is 19.7 Å². The molecule has 1 atom stereocenters. The molecule has 1 aliphatic heterocycles. The number of ether oxygens (including phenoxy) is 1. The lowest BCUT2D eigenvalue weighted by molar-refractivity contribution is -0.149. The second-order valence-electron chi connectivity index (χ2n) is 5.60. The highest BCUT2D eigenvalue weighted by atomic mass is 16.5. The molecule has 1 aliphatic rings. The van der Waals surface area contributed by atoms with Crippen LogP contribution in [0.1, 0.15) is 12.0 Å². The van der Waals surface area contributed by atoms with Crippen molar-refractivity contribution < 1.29 is 14.3 Å². The summed E-state index contributed by atoms with van der Waals surface area (Å²) in [6.45, 7) is 2.06. The molecule has 0 spiro atoms. The third kappa shape index (κ3) is 4.56. The zero-order chi connectivity index (χ0) is 15.2.